The van der Waals surface area contributed by atoms with Gasteiger partial charge in [0.1, 0.15) is 8.07 Å². The van der Waals surface area contributed by atoms with E-state index in [4.69, 9.17) is 10.8 Å². The third-order valence-electron chi connectivity index (χ3n) is 1.95. The largest absolute Gasteiger partial charge is 0.481 e. The summed E-state index contributed by atoms with van der Waals surface area (Å²) in [7, 11) is -1.43. The Morgan fingerprint density at radius 2 is 2.00 bits per heavy atom. The van der Waals surface area contributed by atoms with E-state index in [1.165, 1.54) is 0 Å². The van der Waals surface area contributed by atoms with Crippen molar-refractivity contribution in [1.82, 2.24) is 0 Å². The Labute approximate surface area is 103 Å². The maximum Gasteiger partial charge on any atom is 0.307 e. The minimum absolute atomic E-state index is 0.0212. The number of aliphatic carboxylic acids is 1. The molecule has 90 valence electrons. The highest BCUT2D eigenvalue weighted by Crippen LogP contribution is 2.12. The van der Waals surface area contributed by atoms with E-state index in [1.54, 1.807) is 18.2 Å². The molecule has 0 radical (unpaired) electrons. The molecule has 3 nitrogen and oxygen atoms in total. The smallest absolute Gasteiger partial charge is 0.307 e. The van der Waals surface area contributed by atoms with Crippen LogP contribution in [0.4, 0.5) is 5.69 Å². The van der Waals surface area contributed by atoms with Crippen molar-refractivity contribution in [1.29, 1.82) is 0 Å². The molecule has 0 spiro atoms. The van der Waals surface area contributed by atoms with Crippen molar-refractivity contribution in [3.8, 4) is 11.5 Å². The Kier molecular flexibility index (Phi) is 3.97. The zero-order chi connectivity index (χ0) is 13.1. The quantitative estimate of drug-likeness (QED) is 0.478. The number of nitrogen functional groups attached to an aromatic ring is 1. The Morgan fingerprint density at radius 1 is 1.35 bits per heavy atom. The fraction of sp³-hybridized carbons (Fsp3) is 0.308. The first-order valence-electron chi connectivity index (χ1n) is 5.41. The maximum atomic E-state index is 10.6. The predicted molar refractivity (Wildman–Crippen MR) is 72.4 cm³/mol. The topological polar surface area (TPSA) is 63.3 Å². The van der Waals surface area contributed by atoms with Gasteiger partial charge in [-0.2, -0.15) is 0 Å². The van der Waals surface area contributed by atoms with Crippen molar-refractivity contribution in [2.45, 2.75) is 26.1 Å². The molecule has 0 atom stereocenters. The van der Waals surface area contributed by atoms with Crippen LogP contribution in [0.15, 0.2) is 18.2 Å². The molecule has 0 unspecified atom stereocenters. The van der Waals surface area contributed by atoms with E-state index in [2.05, 4.69) is 31.1 Å². The van der Waals surface area contributed by atoms with Crippen molar-refractivity contribution in [2.75, 3.05) is 5.73 Å². The number of rotatable bonds is 2. The van der Waals surface area contributed by atoms with E-state index in [1.807, 2.05) is 0 Å². The van der Waals surface area contributed by atoms with Crippen LogP contribution in [0.1, 0.15) is 11.1 Å². The van der Waals surface area contributed by atoms with Gasteiger partial charge in [0.25, 0.3) is 0 Å². The molecule has 0 aliphatic rings. The second kappa shape index (κ2) is 5.06. The average molecular weight is 247 g/mol. The number of carboxylic acids is 1. The van der Waals surface area contributed by atoms with Gasteiger partial charge < -0.3 is 10.8 Å². The summed E-state index contributed by atoms with van der Waals surface area (Å²) in [6.07, 6.45) is -0.0212. The highest BCUT2D eigenvalue weighted by Gasteiger charge is 2.08. The van der Waals surface area contributed by atoms with Gasteiger partial charge in [-0.1, -0.05) is 25.6 Å². The summed E-state index contributed by atoms with van der Waals surface area (Å²) < 4.78 is 0. The number of hydrogen-bond acceptors (Lipinski definition) is 2. The molecule has 0 saturated heterocycles. The fourth-order valence-corrected chi connectivity index (χ4v) is 1.85. The van der Waals surface area contributed by atoms with Crippen molar-refractivity contribution in [3.05, 3.63) is 29.3 Å². The van der Waals surface area contributed by atoms with Crippen LogP contribution in [0.2, 0.25) is 19.6 Å². The van der Waals surface area contributed by atoms with Gasteiger partial charge in [0.15, 0.2) is 0 Å². The van der Waals surface area contributed by atoms with Crippen molar-refractivity contribution >= 4 is 19.7 Å². The van der Waals surface area contributed by atoms with E-state index in [0.29, 0.717) is 11.3 Å². The Morgan fingerprint density at radius 3 is 2.53 bits per heavy atom. The van der Waals surface area contributed by atoms with E-state index >= 15 is 0 Å². The first-order chi connectivity index (χ1) is 7.76. The highest BCUT2D eigenvalue weighted by molar-refractivity contribution is 6.83. The molecule has 0 heterocycles. The third-order valence-corrected chi connectivity index (χ3v) is 2.83. The molecule has 0 amide bonds. The minimum Gasteiger partial charge on any atom is -0.481 e. The fourth-order valence-electron chi connectivity index (χ4n) is 1.33. The zero-order valence-corrected chi connectivity index (χ0v) is 11.4. The third kappa shape index (κ3) is 5.23. The molecule has 0 bridgehead atoms. The molecule has 1 aromatic carbocycles. The van der Waals surface area contributed by atoms with Crippen LogP contribution in [0, 0.1) is 11.5 Å². The average Bonchev–Trinajstić information content (AvgIpc) is 2.11. The van der Waals surface area contributed by atoms with Gasteiger partial charge in [-0.05, 0) is 23.8 Å². The van der Waals surface area contributed by atoms with Crippen LogP contribution in [-0.2, 0) is 11.2 Å². The first-order valence-corrected chi connectivity index (χ1v) is 8.91. The molecule has 17 heavy (non-hydrogen) atoms. The van der Waals surface area contributed by atoms with Gasteiger partial charge in [-0.15, -0.1) is 5.54 Å². The molecular weight excluding hydrogens is 230 g/mol. The minimum atomic E-state index is -1.43. The summed E-state index contributed by atoms with van der Waals surface area (Å²) in [6.45, 7) is 6.47. The zero-order valence-electron chi connectivity index (χ0n) is 10.4. The number of hydrogen-bond donors (Lipinski definition) is 2. The number of anilines is 1. The van der Waals surface area contributed by atoms with Crippen molar-refractivity contribution in [2.24, 2.45) is 0 Å². The second-order valence-electron chi connectivity index (χ2n) is 5.03. The highest BCUT2D eigenvalue weighted by atomic mass is 28.3. The van der Waals surface area contributed by atoms with Crippen molar-refractivity contribution < 1.29 is 9.90 Å². The number of carbonyl (C=O) groups is 1. The number of carboxylic acid groups (broad SMARTS) is 1. The molecule has 3 N–H and O–H groups in total. The molecule has 0 aromatic heterocycles. The monoisotopic (exact) mass is 247 g/mol. The van der Waals surface area contributed by atoms with E-state index in [9.17, 15) is 4.79 Å². The maximum absolute atomic E-state index is 10.6. The lowest BCUT2D eigenvalue weighted by atomic mass is 10.1. The Hall–Kier alpha value is -1.73. The van der Waals surface area contributed by atoms with Crippen LogP contribution in [-0.4, -0.2) is 19.1 Å². The van der Waals surface area contributed by atoms with Crippen molar-refractivity contribution in [3.63, 3.8) is 0 Å². The van der Waals surface area contributed by atoms with Gasteiger partial charge >= 0.3 is 5.97 Å². The summed E-state index contributed by atoms with van der Waals surface area (Å²) in [5.74, 6) is 2.22. The first kappa shape index (κ1) is 13.3. The molecule has 0 fully saturated rings. The lowest BCUT2D eigenvalue weighted by molar-refractivity contribution is -0.136. The molecular formula is C13H17NO2Si. The lowest BCUT2D eigenvalue weighted by Gasteiger charge is -2.05. The second-order valence-corrected chi connectivity index (χ2v) is 9.78. The van der Waals surface area contributed by atoms with E-state index in [0.717, 1.165) is 5.56 Å². The van der Waals surface area contributed by atoms with Gasteiger partial charge in [0, 0.05) is 11.3 Å². The molecule has 1 rings (SSSR count). The molecule has 0 aliphatic heterocycles. The van der Waals surface area contributed by atoms with Crippen LogP contribution in [0.3, 0.4) is 0 Å². The van der Waals surface area contributed by atoms with Crippen LogP contribution in [0.5, 0.6) is 0 Å². The normalized spacial score (nSPS) is 10.5. The van der Waals surface area contributed by atoms with E-state index < -0.39 is 14.0 Å². The predicted octanol–water partition coefficient (Wildman–Crippen LogP) is 2.12. The summed E-state index contributed by atoms with van der Waals surface area (Å²) in [5.41, 5.74) is 11.0. The molecule has 4 heteroatoms. The number of benzene rings is 1. The van der Waals surface area contributed by atoms with Gasteiger partial charge in [-0.25, -0.2) is 0 Å². The van der Waals surface area contributed by atoms with Gasteiger partial charge in [0.05, 0.1) is 6.42 Å². The Bertz CT molecular complexity index is 492. The standard InChI is InChI=1S/C13H17NO2Si/c1-17(2,3)5-4-10-6-11(9-13(15)16)8-12(14)7-10/h6-8H,9,14H2,1-3H3,(H,15,16). The van der Waals surface area contributed by atoms with Gasteiger partial charge in [-0.3, -0.25) is 4.79 Å². The summed E-state index contributed by atoms with van der Waals surface area (Å²) in [4.78, 5) is 10.6. The molecule has 0 aliphatic carbocycles. The summed E-state index contributed by atoms with van der Waals surface area (Å²) in [6, 6.07) is 5.24. The van der Waals surface area contributed by atoms with E-state index in [-0.39, 0.29) is 6.42 Å². The molecule has 1 aromatic rings. The Balaban J connectivity index is 3.04. The van der Waals surface area contributed by atoms with Crippen LogP contribution < -0.4 is 5.73 Å². The molecule has 0 saturated carbocycles. The summed E-state index contributed by atoms with van der Waals surface area (Å²) >= 11 is 0. The van der Waals surface area contributed by atoms with Crippen LogP contribution >= 0.6 is 0 Å². The summed E-state index contributed by atoms with van der Waals surface area (Å²) in [5, 5.41) is 8.74. The SMILES string of the molecule is C[Si](C)(C)C#Cc1cc(N)cc(CC(=O)O)c1. The number of nitrogens with two attached hydrogens (primary N) is 1. The van der Waals surface area contributed by atoms with Crippen LogP contribution in [0.25, 0.3) is 0 Å². The lowest BCUT2D eigenvalue weighted by Crippen LogP contribution is -2.16. The van der Waals surface area contributed by atoms with Gasteiger partial charge in [0.2, 0.25) is 0 Å².